The minimum Gasteiger partial charge on any atom is -0.445 e. The molecule has 0 unspecified atom stereocenters. The number of rotatable bonds is 6. The van der Waals surface area contributed by atoms with E-state index in [1.165, 1.54) is 0 Å². The molecule has 0 aromatic heterocycles. The number of hydrogen-bond donors (Lipinski definition) is 1. The van der Waals surface area contributed by atoms with Crippen LogP contribution in [0.3, 0.4) is 0 Å². The minimum absolute atomic E-state index is 0.121. The lowest BCUT2D eigenvalue weighted by atomic mass is 10.2. The fourth-order valence-electron chi connectivity index (χ4n) is 1.49. The highest BCUT2D eigenvalue weighted by Gasteiger charge is 2.08. The van der Waals surface area contributed by atoms with Crippen molar-refractivity contribution in [3.8, 4) is 0 Å². The van der Waals surface area contributed by atoms with Crippen molar-refractivity contribution < 1.29 is 9.53 Å². The van der Waals surface area contributed by atoms with Gasteiger partial charge in [-0.2, -0.15) is 0 Å². The molecule has 1 atom stereocenters. The number of carbonyl (C=O) groups excluding carboxylic acids is 1. The summed E-state index contributed by atoms with van der Waals surface area (Å²) >= 11 is 0. The van der Waals surface area contributed by atoms with Crippen LogP contribution in [0, 0.1) is 0 Å². The first-order valence-electron chi connectivity index (χ1n) is 6.20. The Morgan fingerprint density at radius 2 is 2.00 bits per heavy atom. The molecule has 18 heavy (non-hydrogen) atoms. The van der Waals surface area contributed by atoms with Crippen molar-refractivity contribution in [1.82, 2.24) is 10.2 Å². The topological polar surface area (TPSA) is 41.6 Å². The second-order valence-corrected chi connectivity index (χ2v) is 4.70. The molecule has 0 spiro atoms. The molecule has 4 heteroatoms. The molecule has 1 amide bonds. The van der Waals surface area contributed by atoms with Crippen molar-refractivity contribution in [1.29, 1.82) is 0 Å². The maximum Gasteiger partial charge on any atom is 0.407 e. The lowest BCUT2D eigenvalue weighted by molar-refractivity contribution is 0.135. The monoisotopic (exact) mass is 250 g/mol. The normalized spacial score (nSPS) is 12.2. The molecule has 1 N–H and O–H groups in total. The lowest BCUT2D eigenvalue weighted by Gasteiger charge is -2.16. The van der Waals surface area contributed by atoms with Crippen LogP contribution in [0.1, 0.15) is 18.9 Å². The third-order valence-corrected chi connectivity index (χ3v) is 2.59. The van der Waals surface area contributed by atoms with Crippen molar-refractivity contribution in [2.75, 3.05) is 20.6 Å². The van der Waals surface area contributed by atoms with Crippen LogP contribution < -0.4 is 5.32 Å². The molecule has 4 nitrogen and oxygen atoms in total. The van der Waals surface area contributed by atoms with Gasteiger partial charge in [0.1, 0.15) is 6.61 Å². The highest BCUT2D eigenvalue weighted by atomic mass is 16.5. The van der Waals surface area contributed by atoms with Crippen LogP contribution in [0.15, 0.2) is 30.3 Å². The average molecular weight is 250 g/mol. The Balaban J connectivity index is 2.21. The molecule has 1 aromatic rings. The second kappa shape index (κ2) is 7.71. The molecule has 1 rings (SSSR count). The van der Waals surface area contributed by atoms with Crippen molar-refractivity contribution in [3.05, 3.63) is 35.9 Å². The highest BCUT2D eigenvalue weighted by Crippen LogP contribution is 2.01. The summed E-state index contributed by atoms with van der Waals surface area (Å²) in [6.07, 6.45) is 0.554. The Morgan fingerprint density at radius 1 is 1.33 bits per heavy atom. The van der Waals surface area contributed by atoms with Crippen LogP contribution >= 0.6 is 0 Å². The largest absolute Gasteiger partial charge is 0.445 e. The van der Waals surface area contributed by atoms with Crippen molar-refractivity contribution in [2.45, 2.75) is 26.0 Å². The van der Waals surface area contributed by atoms with Gasteiger partial charge in [0.05, 0.1) is 0 Å². The molecule has 100 valence electrons. The van der Waals surface area contributed by atoms with Crippen LogP contribution in [0.25, 0.3) is 0 Å². The molecule has 0 aliphatic carbocycles. The molecule has 0 aliphatic heterocycles. The van der Waals surface area contributed by atoms with Crippen molar-refractivity contribution in [2.24, 2.45) is 0 Å². The molecule has 0 aliphatic rings. The number of hydrogen-bond acceptors (Lipinski definition) is 3. The summed E-state index contributed by atoms with van der Waals surface area (Å²) in [6, 6.07) is 9.78. The Bertz CT molecular complexity index is 352. The predicted molar refractivity (Wildman–Crippen MR) is 72.4 cm³/mol. The van der Waals surface area contributed by atoms with Crippen molar-refractivity contribution >= 4 is 6.09 Å². The second-order valence-electron chi connectivity index (χ2n) is 4.70. The first-order valence-corrected chi connectivity index (χ1v) is 6.20. The standard InChI is InChI=1S/C14H22N2O2/c1-12(9-10-16(2)3)15-14(17)18-11-13-7-5-4-6-8-13/h4-8,12H,9-11H2,1-3H3,(H,15,17)/t12-/m0/s1. The van der Waals surface area contributed by atoms with Gasteiger partial charge < -0.3 is 15.0 Å². The summed E-state index contributed by atoms with van der Waals surface area (Å²) in [6.45, 7) is 3.24. The van der Waals surface area contributed by atoms with E-state index < -0.39 is 0 Å². The molecule has 0 saturated carbocycles. The van der Waals surface area contributed by atoms with E-state index in [1.54, 1.807) is 0 Å². The quantitative estimate of drug-likeness (QED) is 0.842. The van der Waals surface area contributed by atoms with E-state index in [4.69, 9.17) is 4.74 Å². The van der Waals surface area contributed by atoms with Crippen LogP contribution in [-0.4, -0.2) is 37.7 Å². The zero-order valence-electron chi connectivity index (χ0n) is 11.3. The fraction of sp³-hybridized carbons (Fsp3) is 0.500. The van der Waals surface area contributed by atoms with E-state index in [0.717, 1.165) is 18.5 Å². The van der Waals surface area contributed by atoms with Gasteiger partial charge in [0.2, 0.25) is 0 Å². The summed E-state index contributed by atoms with van der Waals surface area (Å²) in [5, 5.41) is 2.82. The zero-order valence-corrected chi connectivity index (χ0v) is 11.3. The Kier molecular flexibility index (Phi) is 6.22. The number of amides is 1. The van der Waals surface area contributed by atoms with E-state index in [9.17, 15) is 4.79 Å². The summed E-state index contributed by atoms with van der Waals surface area (Å²) in [5.74, 6) is 0. The minimum atomic E-state index is -0.356. The highest BCUT2D eigenvalue weighted by molar-refractivity contribution is 5.67. The Hall–Kier alpha value is -1.55. The maximum absolute atomic E-state index is 11.5. The lowest BCUT2D eigenvalue weighted by Crippen LogP contribution is -2.35. The third-order valence-electron chi connectivity index (χ3n) is 2.59. The number of benzene rings is 1. The number of ether oxygens (including phenoxy) is 1. The summed E-state index contributed by atoms with van der Waals surface area (Å²) < 4.78 is 5.14. The van der Waals surface area contributed by atoms with Gasteiger partial charge in [-0.25, -0.2) is 4.79 Å². The molecule has 0 fully saturated rings. The molecule has 0 saturated heterocycles. The van der Waals surface area contributed by atoms with Gasteiger partial charge in [-0.05, 0) is 39.5 Å². The molecular formula is C14H22N2O2. The van der Waals surface area contributed by atoms with E-state index in [1.807, 2.05) is 51.4 Å². The predicted octanol–water partition coefficient (Wildman–Crippen LogP) is 2.25. The van der Waals surface area contributed by atoms with Gasteiger partial charge in [0.15, 0.2) is 0 Å². The van der Waals surface area contributed by atoms with Gasteiger partial charge in [0.25, 0.3) is 0 Å². The third kappa shape index (κ3) is 6.25. The number of nitrogens with zero attached hydrogens (tertiary/aromatic N) is 1. The van der Waals surface area contributed by atoms with Crippen molar-refractivity contribution in [3.63, 3.8) is 0 Å². The van der Waals surface area contributed by atoms with Crippen LogP contribution in [0.5, 0.6) is 0 Å². The van der Waals surface area contributed by atoms with Crippen LogP contribution in [0.4, 0.5) is 4.79 Å². The van der Waals surface area contributed by atoms with Gasteiger partial charge in [-0.3, -0.25) is 0 Å². The van der Waals surface area contributed by atoms with E-state index in [-0.39, 0.29) is 12.1 Å². The SMILES string of the molecule is C[C@@H](CCN(C)C)NC(=O)OCc1ccccc1. The zero-order chi connectivity index (χ0) is 13.4. The first kappa shape index (κ1) is 14.5. The molecule has 0 heterocycles. The summed E-state index contributed by atoms with van der Waals surface area (Å²) in [5.41, 5.74) is 0.994. The van der Waals surface area contributed by atoms with Gasteiger partial charge in [-0.15, -0.1) is 0 Å². The molecular weight excluding hydrogens is 228 g/mol. The Labute approximate surface area is 109 Å². The van der Waals surface area contributed by atoms with Gasteiger partial charge >= 0.3 is 6.09 Å². The van der Waals surface area contributed by atoms with E-state index in [2.05, 4.69) is 10.2 Å². The van der Waals surface area contributed by atoms with E-state index >= 15 is 0 Å². The Morgan fingerprint density at radius 3 is 2.61 bits per heavy atom. The van der Waals surface area contributed by atoms with Gasteiger partial charge in [-0.1, -0.05) is 30.3 Å². The van der Waals surface area contributed by atoms with Gasteiger partial charge in [0, 0.05) is 6.04 Å². The van der Waals surface area contributed by atoms with Crippen LogP contribution in [-0.2, 0) is 11.3 Å². The first-order chi connectivity index (χ1) is 8.58. The summed E-state index contributed by atoms with van der Waals surface area (Å²) in [4.78, 5) is 13.6. The number of carbonyl (C=O) groups is 1. The number of alkyl carbamates (subject to hydrolysis) is 1. The number of nitrogens with one attached hydrogen (secondary N) is 1. The average Bonchev–Trinajstić information content (AvgIpc) is 2.35. The van der Waals surface area contributed by atoms with Crippen LogP contribution in [0.2, 0.25) is 0 Å². The molecule has 0 radical (unpaired) electrons. The van der Waals surface area contributed by atoms with E-state index in [0.29, 0.717) is 6.61 Å². The molecule has 0 bridgehead atoms. The smallest absolute Gasteiger partial charge is 0.407 e. The molecule has 1 aromatic carbocycles. The fourth-order valence-corrected chi connectivity index (χ4v) is 1.49. The maximum atomic E-state index is 11.5. The summed E-state index contributed by atoms with van der Waals surface area (Å²) in [7, 11) is 4.03.